The zero-order valence-electron chi connectivity index (χ0n) is 13.6. The van der Waals surface area contributed by atoms with Gasteiger partial charge in [-0.2, -0.15) is 0 Å². The van der Waals surface area contributed by atoms with Crippen molar-refractivity contribution >= 4 is 5.97 Å². The number of ether oxygens (including phenoxy) is 3. The second-order valence-electron chi connectivity index (χ2n) is 4.95. The fraction of sp³-hybridized carbons (Fsp3) is 0.923. The van der Waals surface area contributed by atoms with Crippen molar-refractivity contribution in [3.63, 3.8) is 0 Å². The van der Waals surface area contributed by atoms with Crippen molar-refractivity contribution in [1.29, 1.82) is 0 Å². The summed E-state index contributed by atoms with van der Waals surface area (Å²) in [6.07, 6.45) is -1.53. The number of rotatable bonds is 14. The Kier molecular flexibility index (Phi) is 13.3. The summed E-state index contributed by atoms with van der Waals surface area (Å²) >= 11 is 0. The van der Waals surface area contributed by atoms with E-state index in [2.05, 4.69) is 15.4 Å². The number of esters is 1. The molecule has 0 spiro atoms. The van der Waals surface area contributed by atoms with Crippen LogP contribution in [0.25, 0.3) is 0 Å². The van der Waals surface area contributed by atoms with Gasteiger partial charge in [-0.25, -0.2) is 0 Å². The van der Waals surface area contributed by atoms with Crippen molar-refractivity contribution < 1.29 is 29.2 Å². The molecule has 2 atom stereocenters. The molecule has 0 rings (SSSR count). The Morgan fingerprint density at radius 3 is 2.36 bits per heavy atom. The van der Waals surface area contributed by atoms with Crippen molar-refractivity contribution in [3.8, 4) is 0 Å². The molecule has 0 aliphatic carbocycles. The monoisotopic (exact) mass is 323 g/mol. The van der Waals surface area contributed by atoms with Crippen LogP contribution in [-0.4, -0.2) is 93.9 Å². The molecular formula is C13H29N3O6. The molecule has 0 radical (unpaired) electrons. The predicted octanol–water partition coefficient (Wildman–Crippen LogP) is -2.08. The van der Waals surface area contributed by atoms with Crippen LogP contribution in [0.15, 0.2) is 0 Å². The maximum Gasteiger partial charge on any atom is 0.302 e. The fourth-order valence-corrected chi connectivity index (χ4v) is 1.50. The summed E-state index contributed by atoms with van der Waals surface area (Å²) in [4.78, 5) is 12.5. The summed E-state index contributed by atoms with van der Waals surface area (Å²) in [5.74, 6) is -0.453. The maximum absolute atomic E-state index is 10.5. The summed E-state index contributed by atoms with van der Waals surface area (Å²) in [5, 5.41) is 25.1. The number of hydrogen-bond acceptors (Lipinski definition) is 9. The molecule has 22 heavy (non-hydrogen) atoms. The first kappa shape index (κ1) is 21.2. The van der Waals surface area contributed by atoms with Gasteiger partial charge in [0.15, 0.2) is 0 Å². The van der Waals surface area contributed by atoms with Gasteiger partial charge in [-0.3, -0.25) is 9.69 Å². The molecule has 0 aromatic carbocycles. The van der Waals surface area contributed by atoms with Gasteiger partial charge in [-0.05, 0) is 14.1 Å². The number of carbonyl (C=O) groups excluding carboxylic acids is 1. The lowest BCUT2D eigenvalue weighted by atomic mass is 10.4. The molecule has 0 saturated carbocycles. The number of nitrogens with zero attached hydrogens (tertiary/aromatic N) is 1. The van der Waals surface area contributed by atoms with Crippen molar-refractivity contribution in [2.45, 2.75) is 19.1 Å². The van der Waals surface area contributed by atoms with Gasteiger partial charge >= 0.3 is 5.97 Å². The normalized spacial score (nSPS) is 14.1. The fourth-order valence-electron chi connectivity index (χ4n) is 1.50. The van der Waals surface area contributed by atoms with E-state index in [1.807, 2.05) is 19.0 Å². The third kappa shape index (κ3) is 14.1. The lowest BCUT2D eigenvalue weighted by molar-refractivity contribution is -0.147. The standard InChI is InChI=1S/C13H29N3O6/c1-11(17)22-7-13(19)6-21-10-20-5-12(18)4-15-9-16(3)8-14-2/h12-15,18-19H,4-10H2,1-3H3. The molecule has 0 aliphatic heterocycles. The maximum atomic E-state index is 10.5. The number of carbonyl (C=O) groups is 1. The molecule has 0 amide bonds. The molecule has 4 N–H and O–H groups in total. The van der Waals surface area contributed by atoms with Gasteiger partial charge in [0.05, 0.1) is 19.3 Å². The Balaban J connectivity index is 3.41. The van der Waals surface area contributed by atoms with Crippen LogP contribution in [0, 0.1) is 0 Å². The molecule has 9 nitrogen and oxygen atoms in total. The van der Waals surface area contributed by atoms with Gasteiger partial charge in [0, 0.05) is 26.8 Å². The van der Waals surface area contributed by atoms with E-state index >= 15 is 0 Å². The van der Waals surface area contributed by atoms with E-state index in [1.54, 1.807) is 0 Å². The summed E-state index contributed by atoms with van der Waals surface area (Å²) in [6.45, 7) is 3.04. The smallest absolute Gasteiger partial charge is 0.302 e. The minimum atomic E-state index is -0.887. The topological polar surface area (TPSA) is 113 Å². The highest BCUT2D eigenvalue weighted by molar-refractivity contribution is 5.65. The SMILES string of the molecule is CNCN(C)CNCC(O)COCOCC(O)COC(C)=O. The Morgan fingerprint density at radius 1 is 1.14 bits per heavy atom. The van der Waals surface area contributed by atoms with E-state index in [4.69, 9.17) is 9.47 Å². The Morgan fingerprint density at radius 2 is 1.77 bits per heavy atom. The van der Waals surface area contributed by atoms with Gasteiger partial charge in [0.25, 0.3) is 0 Å². The average Bonchev–Trinajstić information content (AvgIpc) is 2.45. The van der Waals surface area contributed by atoms with E-state index in [1.165, 1.54) is 6.92 Å². The van der Waals surface area contributed by atoms with Crippen LogP contribution in [-0.2, 0) is 19.0 Å². The second kappa shape index (κ2) is 13.8. The molecule has 0 bridgehead atoms. The van der Waals surface area contributed by atoms with Crippen molar-refractivity contribution in [2.75, 3.05) is 60.6 Å². The van der Waals surface area contributed by atoms with Crippen molar-refractivity contribution in [1.82, 2.24) is 15.5 Å². The molecule has 9 heteroatoms. The summed E-state index contributed by atoms with van der Waals surface area (Å²) in [5.41, 5.74) is 0. The molecule has 0 heterocycles. The van der Waals surface area contributed by atoms with Gasteiger partial charge in [-0.1, -0.05) is 0 Å². The second-order valence-corrected chi connectivity index (χ2v) is 4.95. The zero-order valence-corrected chi connectivity index (χ0v) is 13.6. The first-order valence-electron chi connectivity index (χ1n) is 7.14. The van der Waals surface area contributed by atoms with Crippen LogP contribution >= 0.6 is 0 Å². The van der Waals surface area contributed by atoms with E-state index in [0.717, 1.165) is 6.67 Å². The lowest BCUT2D eigenvalue weighted by Crippen LogP contribution is -2.40. The van der Waals surface area contributed by atoms with E-state index in [0.29, 0.717) is 13.2 Å². The van der Waals surface area contributed by atoms with E-state index in [9.17, 15) is 15.0 Å². The van der Waals surface area contributed by atoms with Gasteiger partial charge in [0.2, 0.25) is 0 Å². The van der Waals surface area contributed by atoms with Crippen LogP contribution in [0.3, 0.4) is 0 Å². The van der Waals surface area contributed by atoms with Crippen LogP contribution in [0.5, 0.6) is 0 Å². The molecule has 0 aliphatic rings. The zero-order chi connectivity index (χ0) is 16.8. The van der Waals surface area contributed by atoms with E-state index in [-0.39, 0.29) is 26.6 Å². The molecule has 132 valence electrons. The van der Waals surface area contributed by atoms with Crippen LogP contribution < -0.4 is 10.6 Å². The largest absolute Gasteiger partial charge is 0.463 e. The van der Waals surface area contributed by atoms with Crippen molar-refractivity contribution in [2.24, 2.45) is 0 Å². The molecule has 0 saturated heterocycles. The van der Waals surface area contributed by atoms with Crippen LogP contribution in [0.1, 0.15) is 6.92 Å². The molecular weight excluding hydrogens is 294 g/mol. The minimum absolute atomic E-state index is 0.00353. The third-order valence-corrected chi connectivity index (χ3v) is 2.46. The molecule has 0 aromatic rings. The Labute approximate surface area is 131 Å². The number of aliphatic hydroxyl groups is 2. The minimum Gasteiger partial charge on any atom is -0.463 e. The predicted molar refractivity (Wildman–Crippen MR) is 80.0 cm³/mol. The number of aliphatic hydroxyl groups excluding tert-OH is 2. The number of hydrogen-bond donors (Lipinski definition) is 4. The van der Waals surface area contributed by atoms with E-state index < -0.39 is 18.2 Å². The number of nitrogens with one attached hydrogen (secondary N) is 2. The van der Waals surface area contributed by atoms with Gasteiger partial charge < -0.3 is 35.1 Å². The average molecular weight is 323 g/mol. The quantitative estimate of drug-likeness (QED) is 0.162. The highest BCUT2D eigenvalue weighted by Gasteiger charge is 2.07. The van der Waals surface area contributed by atoms with Crippen molar-refractivity contribution in [3.05, 3.63) is 0 Å². The highest BCUT2D eigenvalue weighted by Crippen LogP contribution is 1.91. The highest BCUT2D eigenvalue weighted by atomic mass is 16.7. The molecule has 2 unspecified atom stereocenters. The Bertz CT molecular complexity index is 283. The van der Waals surface area contributed by atoms with Crippen LogP contribution in [0.4, 0.5) is 0 Å². The Hall–Kier alpha value is -0.810. The molecule has 0 fully saturated rings. The molecule has 0 aromatic heterocycles. The summed E-state index contributed by atoms with van der Waals surface area (Å²) < 4.78 is 14.8. The first-order chi connectivity index (χ1) is 10.5. The lowest BCUT2D eigenvalue weighted by Gasteiger charge is -2.18. The third-order valence-electron chi connectivity index (χ3n) is 2.46. The first-order valence-corrected chi connectivity index (χ1v) is 7.14. The van der Waals surface area contributed by atoms with Gasteiger partial charge in [0.1, 0.15) is 19.5 Å². The van der Waals surface area contributed by atoms with Crippen LogP contribution in [0.2, 0.25) is 0 Å². The summed E-state index contributed by atoms with van der Waals surface area (Å²) in [7, 11) is 3.81. The van der Waals surface area contributed by atoms with Gasteiger partial charge in [-0.15, -0.1) is 0 Å². The summed E-state index contributed by atoms with van der Waals surface area (Å²) in [6, 6.07) is 0.